The molecule has 0 bridgehead atoms. The highest BCUT2D eigenvalue weighted by molar-refractivity contribution is 7.08. The van der Waals surface area contributed by atoms with Crippen LogP contribution in [0.3, 0.4) is 0 Å². The van der Waals surface area contributed by atoms with Gasteiger partial charge in [-0.05, 0) is 203 Å². The van der Waals surface area contributed by atoms with E-state index >= 15 is 0 Å². The van der Waals surface area contributed by atoms with Gasteiger partial charge < -0.3 is 0 Å². The van der Waals surface area contributed by atoms with E-state index in [-0.39, 0.29) is 21.5 Å². The molecule has 0 unspecified atom stereocenters. The molecule has 33 nitrogen and oxygen atoms in total. The summed E-state index contributed by atoms with van der Waals surface area (Å²) < 4.78 is 7.39. The third-order valence-electron chi connectivity index (χ3n) is 23.4. The van der Waals surface area contributed by atoms with E-state index in [1.807, 2.05) is 164 Å². The first kappa shape index (κ1) is 85.6. The van der Waals surface area contributed by atoms with Crippen molar-refractivity contribution in [3.63, 3.8) is 0 Å². The minimum Gasteiger partial charge on any atom is -0.288 e. The van der Waals surface area contributed by atoms with Crippen LogP contribution in [-0.4, -0.2) is 104 Å². The standard InChI is InChI=1S/C28H20N6O2.C24H19N7O2.C24H17N5O2S.C23H17N7O2/c1-28(2,15-29)19-5-7-20(8-6-19)34-25-21(26(35)33-27(34)36)14-31-23-10-9-22(32-24(23)25)16-3-4-17-12-30-13-18(17)11-16;1-24(2,13-25)15-4-6-16(7-5-15)31-21-17(22(32)29-23(31)33)11-26-19-9-8-18(28-20(19)21)14-10-27-30(3)12-14;1-24(2,13-25)15-3-5-16(6-4-15)29-21-17(22(30)28-23(29)31)11-26-19-8-7-18(27-20(19)21)14-9-10-32-12-14;1-23(2,12-24)14-3-5-15(6-4-14)30-20-16(21(31)29-22(30)32)11-25-18-8-7-17(28-19(18)20)13-9-26-27-10-13/h3-11,13-14H,12H2,1-2H3,(H,33,35,36);4-12H,1-3H3,(H,29,32,33);3-12H,1-2H3,(H,28,30,31);3-11H,1-2H3,(H,26,27)(H,29,31,32). The van der Waals surface area contributed by atoms with Gasteiger partial charge in [-0.1, -0.05) is 60.7 Å². The summed E-state index contributed by atoms with van der Waals surface area (Å²) in [5.74, 6) is 0. The minimum absolute atomic E-state index is 0.246. The van der Waals surface area contributed by atoms with Gasteiger partial charge in [0.1, 0.15) is 22.1 Å². The second-order valence-corrected chi connectivity index (χ2v) is 34.4. The number of aryl methyl sites for hydroxylation is 1. The Morgan fingerprint density at radius 1 is 0.368 bits per heavy atom. The highest BCUT2D eigenvalue weighted by Gasteiger charge is 2.28. The van der Waals surface area contributed by atoms with Gasteiger partial charge in [0.15, 0.2) is 0 Å². The molecule has 15 aromatic heterocycles. The number of hydrogen-bond acceptors (Lipinski definition) is 24. The Hall–Kier alpha value is -18.2. The maximum Gasteiger partial charge on any atom is 0.333 e. The second-order valence-electron chi connectivity index (χ2n) is 33.6. The highest BCUT2D eigenvalue weighted by Crippen LogP contribution is 2.35. The third-order valence-corrected chi connectivity index (χ3v) is 24.0. The average molecular weight is 1770 g/mol. The SMILES string of the molecule is CC(C)(C#N)c1ccc(-n2c(=O)[nH]c(=O)c3cnc4ccc(-c5ccc6c(c5)C=NC6)nc4c32)cc1.CC(C)(C#N)c1ccc(-n2c(=O)[nH]c(=O)c3cnc4ccc(-c5ccsc5)nc4c32)cc1.CC(C)(C#N)c1ccc(-n2c(=O)[nH]c(=O)c3cnc4ccc(-c5cn[nH]c5)nc4c32)cc1.Cn1cc(-c2ccc3ncc4c(=O)[nH]c(=O)n(-c5ccc(C(C)(C)C#N)cc5)c4c3n2)cn1. The fourth-order valence-electron chi connectivity index (χ4n) is 15.7. The molecule has 0 fully saturated rings. The number of nitrogens with one attached hydrogen (secondary N) is 5. The number of pyridine rings is 8. The van der Waals surface area contributed by atoms with Crippen molar-refractivity contribution >= 4 is 105 Å². The fourth-order valence-corrected chi connectivity index (χ4v) is 16.3. The molecule has 5 N–H and O–H groups in total. The number of rotatable bonds is 12. The summed E-state index contributed by atoms with van der Waals surface area (Å²) in [5, 5.41) is 53.6. The fraction of sp³-hybridized carbons (Fsp3) is 0.141. The lowest BCUT2D eigenvalue weighted by Gasteiger charge is -2.17. The Morgan fingerprint density at radius 3 is 1.00 bits per heavy atom. The molecule has 0 atom stereocenters. The zero-order chi connectivity index (χ0) is 93.3. The van der Waals surface area contributed by atoms with Gasteiger partial charge in [0.2, 0.25) is 0 Å². The van der Waals surface area contributed by atoms with Gasteiger partial charge in [-0.3, -0.25) is 92.1 Å². The lowest BCUT2D eigenvalue weighted by molar-refractivity contribution is 0.686. The molecule has 0 radical (unpaired) electrons. The van der Waals surface area contributed by atoms with Crippen molar-refractivity contribution in [3.05, 3.63) is 347 Å². The van der Waals surface area contributed by atoms with Gasteiger partial charge in [-0.25, -0.2) is 39.1 Å². The molecule has 34 heteroatoms. The van der Waals surface area contributed by atoms with E-state index in [1.165, 1.54) is 43.1 Å². The molecule has 1 aliphatic heterocycles. The molecule has 648 valence electrons. The quantitative estimate of drug-likeness (QED) is 0.0709. The largest absolute Gasteiger partial charge is 0.333 e. The van der Waals surface area contributed by atoms with Crippen molar-refractivity contribution in [2.24, 2.45) is 12.0 Å². The third kappa shape index (κ3) is 15.8. The summed E-state index contributed by atoms with van der Waals surface area (Å²) in [4.78, 5) is 153. The van der Waals surface area contributed by atoms with E-state index in [4.69, 9.17) is 19.9 Å². The number of nitriles is 4. The number of fused-ring (bicyclic) bond motifs is 13. The first-order valence-corrected chi connectivity index (χ1v) is 42.4. The maximum absolute atomic E-state index is 13.1. The molecule has 20 aromatic rings. The second kappa shape index (κ2) is 33.6. The van der Waals surface area contributed by atoms with Crippen LogP contribution >= 0.6 is 11.3 Å². The zero-order valence-corrected chi connectivity index (χ0v) is 73.2. The Kier molecular flexibility index (Phi) is 21.6. The summed E-state index contributed by atoms with van der Waals surface area (Å²) in [7, 11) is 1.82. The molecule has 0 aliphatic carbocycles. The number of hydrogen-bond donors (Lipinski definition) is 5. The van der Waals surface area contributed by atoms with Crippen LogP contribution in [0.4, 0.5) is 0 Å². The van der Waals surface area contributed by atoms with Crippen LogP contribution in [0.2, 0.25) is 0 Å². The van der Waals surface area contributed by atoms with Crippen LogP contribution in [0.1, 0.15) is 88.8 Å². The summed E-state index contributed by atoms with van der Waals surface area (Å²) in [6.45, 7) is 15.3. The van der Waals surface area contributed by atoms with Crippen LogP contribution in [0.15, 0.2) is 274 Å². The van der Waals surface area contributed by atoms with Crippen LogP contribution in [0, 0.1) is 45.3 Å². The molecule has 21 rings (SSSR count). The van der Waals surface area contributed by atoms with E-state index in [0.29, 0.717) is 113 Å². The first-order chi connectivity index (χ1) is 63.9. The molecule has 0 saturated heterocycles. The molecule has 1 aliphatic rings. The monoisotopic (exact) mass is 1770 g/mol. The lowest BCUT2D eigenvalue weighted by atomic mass is 9.86. The number of nitrogens with zero attached hydrogens (tertiary/aromatic N) is 20. The Morgan fingerprint density at radius 2 is 0.699 bits per heavy atom. The molecule has 5 aromatic carbocycles. The molecule has 16 heterocycles. The van der Waals surface area contributed by atoms with Gasteiger partial charge in [-0.15, -0.1) is 0 Å². The number of aromatic amines is 5. The minimum atomic E-state index is -0.676. The maximum atomic E-state index is 13.1. The average Bonchev–Trinajstić information content (AvgIpc) is 1.68. The van der Waals surface area contributed by atoms with Gasteiger partial charge in [-0.2, -0.15) is 42.6 Å². The summed E-state index contributed by atoms with van der Waals surface area (Å²) in [6.07, 6.45) is 14.6. The Balaban J connectivity index is 0.000000119. The van der Waals surface area contributed by atoms with E-state index in [9.17, 15) is 59.4 Å². The van der Waals surface area contributed by atoms with E-state index in [2.05, 4.69) is 84.4 Å². The van der Waals surface area contributed by atoms with Crippen molar-refractivity contribution in [2.75, 3.05) is 0 Å². The molecule has 0 amide bonds. The summed E-state index contributed by atoms with van der Waals surface area (Å²) in [5.41, 5.74) is 12.3. The van der Waals surface area contributed by atoms with Gasteiger partial charge >= 0.3 is 22.8 Å². The normalized spacial score (nSPS) is 11.9. The number of aromatic nitrogens is 20. The van der Waals surface area contributed by atoms with Crippen LogP contribution in [-0.2, 0) is 35.3 Å². The molecule has 0 saturated carbocycles. The van der Waals surface area contributed by atoms with E-state index in [1.54, 1.807) is 126 Å². The van der Waals surface area contributed by atoms with Gasteiger partial charge in [0.25, 0.3) is 22.2 Å². The molecular weight excluding hydrogens is 1700 g/mol. The number of thiophene rings is 1. The molecule has 133 heavy (non-hydrogen) atoms. The summed E-state index contributed by atoms with van der Waals surface area (Å²) >= 11 is 1.56. The van der Waals surface area contributed by atoms with Gasteiger partial charge in [0.05, 0.1) is 176 Å². The first-order valence-electron chi connectivity index (χ1n) is 41.4. The van der Waals surface area contributed by atoms with Crippen molar-refractivity contribution in [1.82, 2.24) is 98.1 Å². The van der Waals surface area contributed by atoms with Crippen molar-refractivity contribution in [2.45, 2.75) is 83.6 Å². The van der Waals surface area contributed by atoms with E-state index in [0.717, 1.165) is 61.3 Å². The van der Waals surface area contributed by atoms with Gasteiger partial charge in [0, 0.05) is 78.1 Å². The van der Waals surface area contributed by atoms with Crippen molar-refractivity contribution < 1.29 is 0 Å². The van der Waals surface area contributed by atoms with Crippen LogP contribution in [0.5, 0.6) is 0 Å². The summed E-state index contributed by atoms with van der Waals surface area (Å²) in [6, 6.07) is 60.3. The predicted molar refractivity (Wildman–Crippen MR) is 507 cm³/mol. The Labute approximate surface area is 754 Å². The zero-order valence-electron chi connectivity index (χ0n) is 72.3. The van der Waals surface area contributed by atoms with Crippen LogP contribution < -0.4 is 45.0 Å². The number of H-pyrrole nitrogens is 5. The van der Waals surface area contributed by atoms with E-state index < -0.39 is 66.7 Å². The molecular formula is C99H73N25O8S. The topological polar surface area (TPSA) is 477 Å². The number of aliphatic imine (C=N–C) groups is 1. The smallest absolute Gasteiger partial charge is 0.288 e. The Bertz CT molecular complexity index is 8690. The van der Waals surface area contributed by atoms with Crippen LogP contribution in [0.25, 0.3) is 156 Å². The lowest BCUT2D eigenvalue weighted by Crippen LogP contribution is -2.29. The molecule has 0 spiro atoms. The highest BCUT2D eigenvalue weighted by atomic mass is 32.1. The number of benzene rings is 5. The predicted octanol–water partition coefficient (Wildman–Crippen LogP) is 13.8. The van der Waals surface area contributed by atoms with Crippen molar-refractivity contribution in [1.29, 1.82) is 21.0 Å². The van der Waals surface area contributed by atoms with Crippen molar-refractivity contribution in [3.8, 4) is 92.1 Å².